The van der Waals surface area contributed by atoms with Crippen molar-refractivity contribution in [1.82, 2.24) is 0 Å². The number of benzene rings is 1. The highest BCUT2D eigenvalue weighted by molar-refractivity contribution is 5.79. The van der Waals surface area contributed by atoms with Gasteiger partial charge >= 0.3 is 0 Å². The summed E-state index contributed by atoms with van der Waals surface area (Å²) in [6.45, 7) is 0.702. The molecule has 0 amide bonds. The quantitative estimate of drug-likeness (QED) is 0.716. The van der Waals surface area contributed by atoms with E-state index in [4.69, 9.17) is 9.47 Å². The summed E-state index contributed by atoms with van der Waals surface area (Å²) in [6, 6.07) is 5.25. The van der Waals surface area contributed by atoms with E-state index in [1.165, 1.54) is 19.3 Å². The van der Waals surface area contributed by atoms with Gasteiger partial charge in [-0.1, -0.05) is 6.42 Å². The fourth-order valence-electron chi connectivity index (χ4n) is 1.73. The number of hydrogen-bond acceptors (Lipinski definition) is 3. The average Bonchev–Trinajstić information content (AvgIpc) is 2.26. The Hall–Kier alpha value is -1.51. The number of carbonyl (C=O) groups excluding carboxylic acids is 1. The maximum absolute atomic E-state index is 10.8. The molecule has 0 heterocycles. The van der Waals surface area contributed by atoms with Gasteiger partial charge in [-0.05, 0) is 30.9 Å². The smallest absolute Gasteiger partial charge is 0.153 e. The van der Waals surface area contributed by atoms with Crippen LogP contribution in [-0.4, -0.2) is 20.0 Å². The van der Waals surface area contributed by atoms with Gasteiger partial charge < -0.3 is 9.47 Å². The Bertz CT molecular complexity index is 369. The van der Waals surface area contributed by atoms with Gasteiger partial charge in [-0.2, -0.15) is 0 Å². The molecule has 0 unspecified atom stereocenters. The molecule has 0 bridgehead atoms. The Morgan fingerprint density at radius 2 is 2.25 bits per heavy atom. The Morgan fingerprint density at radius 3 is 2.81 bits per heavy atom. The molecule has 3 nitrogen and oxygen atoms in total. The summed E-state index contributed by atoms with van der Waals surface area (Å²) >= 11 is 0. The molecule has 0 aliphatic heterocycles. The average molecular weight is 220 g/mol. The zero-order chi connectivity index (χ0) is 11.4. The first-order valence-corrected chi connectivity index (χ1v) is 5.59. The normalized spacial score (nSPS) is 15.3. The first kappa shape index (κ1) is 11.0. The lowest BCUT2D eigenvalue weighted by Crippen LogP contribution is -2.19. The van der Waals surface area contributed by atoms with Crippen molar-refractivity contribution in [3.63, 3.8) is 0 Å². The standard InChI is InChI=1S/C13H16O3/c1-15-12-6-5-11(8-14)13(7-12)16-9-10-3-2-4-10/h5-8,10H,2-4,9H2,1H3. The predicted octanol–water partition coefficient (Wildman–Crippen LogP) is 2.69. The Labute approximate surface area is 95.4 Å². The van der Waals surface area contributed by atoms with Crippen LogP contribution in [0.1, 0.15) is 29.6 Å². The molecular weight excluding hydrogens is 204 g/mol. The molecule has 3 heteroatoms. The van der Waals surface area contributed by atoms with Gasteiger partial charge in [0.05, 0.1) is 19.3 Å². The van der Waals surface area contributed by atoms with Crippen molar-refractivity contribution in [3.05, 3.63) is 23.8 Å². The van der Waals surface area contributed by atoms with E-state index in [2.05, 4.69) is 0 Å². The topological polar surface area (TPSA) is 35.5 Å². The molecule has 0 N–H and O–H groups in total. The Morgan fingerprint density at radius 1 is 1.44 bits per heavy atom. The second kappa shape index (κ2) is 5.01. The van der Waals surface area contributed by atoms with Gasteiger partial charge in [0.25, 0.3) is 0 Å². The van der Waals surface area contributed by atoms with E-state index < -0.39 is 0 Å². The summed E-state index contributed by atoms with van der Waals surface area (Å²) in [5, 5.41) is 0. The molecule has 1 aliphatic carbocycles. The zero-order valence-electron chi connectivity index (χ0n) is 9.44. The molecule has 0 radical (unpaired) electrons. The molecular formula is C13H16O3. The highest BCUT2D eigenvalue weighted by atomic mass is 16.5. The molecule has 0 saturated heterocycles. The summed E-state index contributed by atoms with van der Waals surface area (Å²) in [5.41, 5.74) is 0.583. The molecule has 1 saturated carbocycles. The molecule has 86 valence electrons. The Kier molecular flexibility index (Phi) is 3.44. The van der Waals surface area contributed by atoms with Crippen LogP contribution in [0.15, 0.2) is 18.2 Å². The van der Waals surface area contributed by atoms with Gasteiger partial charge in [-0.15, -0.1) is 0 Å². The summed E-state index contributed by atoms with van der Waals surface area (Å²) < 4.78 is 10.8. The first-order valence-electron chi connectivity index (χ1n) is 5.59. The van der Waals surface area contributed by atoms with Crippen LogP contribution in [0.3, 0.4) is 0 Å². The lowest BCUT2D eigenvalue weighted by atomic mass is 9.86. The first-order chi connectivity index (χ1) is 7.83. The third-order valence-electron chi connectivity index (χ3n) is 3.05. The monoisotopic (exact) mass is 220 g/mol. The molecule has 16 heavy (non-hydrogen) atoms. The third kappa shape index (κ3) is 2.35. The summed E-state index contributed by atoms with van der Waals surface area (Å²) in [4.78, 5) is 10.8. The molecule has 0 atom stereocenters. The highest BCUT2D eigenvalue weighted by Crippen LogP contribution is 2.29. The minimum Gasteiger partial charge on any atom is -0.497 e. The number of carbonyl (C=O) groups is 1. The van der Waals surface area contributed by atoms with E-state index in [0.29, 0.717) is 29.6 Å². The lowest BCUT2D eigenvalue weighted by Gasteiger charge is -2.25. The molecule has 1 aliphatic rings. The van der Waals surface area contributed by atoms with E-state index >= 15 is 0 Å². The maximum Gasteiger partial charge on any atom is 0.153 e. The van der Waals surface area contributed by atoms with Crippen molar-refractivity contribution in [2.75, 3.05) is 13.7 Å². The fraction of sp³-hybridized carbons (Fsp3) is 0.462. The fourth-order valence-corrected chi connectivity index (χ4v) is 1.73. The van der Waals surface area contributed by atoms with Crippen molar-refractivity contribution in [2.45, 2.75) is 19.3 Å². The molecule has 2 rings (SSSR count). The molecule has 0 spiro atoms. The number of methoxy groups -OCH3 is 1. The van der Waals surface area contributed by atoms with Crippen LogP contribution in [-0.2, 0) is 0 Å². The van der Waals surface area contributed by atoms with Gasteiger partial charge in [0.1, 0.15) is 11.5 Å². The van der Waals surface area contributed by atoms with Gasteiger partial charge in [-0.3, -0.25) is 4.79 Å². The number of hydrogen-bond donors (Lipinski definition) is 0. The largest absolute Gasteiger partial charge is 0.497 e. The minimum absolute atomic E-state index is 0.583. The number of aldehydes is 1. The van der Waals surface area contributed by atoms with E-state index in [-0.39, 0.29) is 0 Å². The van der Waals surface area contributed by atoms with Gasteiger partial charge in [0.2, 0.25) is 0 Å². The molecule has 1 aromatic rings. The van der Waals surface area contributed by atoms with Gasteiger partial charge in [0.15, 0.2) is 6.29 Å². The molecule has 1 fully saturated rings. The van der Waals surface area contributed by atoms with E-state index in [9.17, 15) is 4.79 Å². The third-order valence-corrected chi connectivity index (χ3v) is 3.05. The van der Waals surface area contributed by atoms with E-state index in [1.807, 2.05) is 0 Å². The van der Waals surface area contributed by atoms with Crippen molar-refractivity contribution in [1.29, 1.82) is 0 Å². The maximum atomic E-state index is 10.8. The van der Waals surface area contributed by atoms with Crippen LogP contribution in [0, 0.1) is 5.92 Å². The molecule has 1 aromatic carbocycles. The minimum atomic E-state index is 0.583. The second-order valence-electron chi connectivity index (χ2n) is 4.13. The van der Waals surface area contributed by atoms with E-state index in [0.717, 1.165) is 6.29 Å². The van der Waals surface area contributed by atoms with Crippen LogP contribution >= 0.6 is 0 Å². The summed E-state index contributed by atoms with van der Waals surface area (Å²) in [7, 11) is 1.60. The second-order valence-corrected chi connectivity index (χ2v) is 4.13. The van der Waals surface area contributed by atoms with Crippen LogP contribution in [0.2, 0.25) is 0 Å². The van der Waals surface area contributed by atoms with Crippen LogP contribution in [0.25, 0.3) is 0 Å². The van der Waals surface area contributed by atoms with E-state index in [1.54, 1.807) is 25.3 Å². The lowest BCUT2D eigenvalue weighted by molar-refractivity contribution is 0.111. The van der Waals surface area contributed by atoms with Gasteiger partial charge in [-0.25, -0.2) is 0 Å². The van der Waals surface area contributed by atoms with Crippen LogP contribution in [0.4, 0.5) is 0 Å². The van der Waals surface area contributed by atoms with Crippen molar-refractivity contribution >= 4 is 6.29 Å². The number of ether oxygens (including phenoxy) is 2. The molecule has 0 aromatic heterocycles. The van der Waals surface area contributed by atoms with Crippen LogP contribution in [0.5, 0.6) is 11.5 Å². The van der Waals surface area contributed by atoms with Crippen molar-refractivity contribution in [3.8, 4) is 11.5 Å². The highest BCUT2D eigenvalue weighted by Gasteiger charge is 2.18. The summed E-state index contributed by atoms with van der Waals surface area (Å²) in [6.07, 6.45) is 4.59. The van der Waals surface area contributed by atoms with Crippen LogP contribution < -0.4 is 9.47 Å². The van der Waals surface area contributed by atoms with Gasteiger partial charge in [0, 0.05) is 6.07 Å². The summed E-state index contributed by atoms with van der Waals surface area (Å²) in [5.74, 6) is 2.00. The Balaban J connectivity index is 2.06. The SMILES string of the molecule is COc1ccc(C=O)c(OCC2CCC2)c1. The predicted molar refractivity (Wildman–Crippen MR) is 61.2 cm³/mol. The zero-order valence-corrected chi connectivity index (χ0v) is 9.44. The van der Waals surface area contributed by atoms with Crippen molar-refractivity contribution < 1.29 is 14.3 Å². The number of rotatable bonds is 5. The van der Waals surface area contributed by atoms with Crippen molar-refractivity contribution in [2.24, 2.45) is 5.92 Å².